The summed E-state index contributed by atoms with van der Waals surface area (Å²) in [6.45, 7) is 0. The van der Waals surface area contributed by atoms with E-state index in [-0.39, 0.29) is 23.1 Å². The number of hydrogen-bond donors (Lipinski definition) is 2. The number of nitrogens with one attached hydrogen (secondary N) is 1. The molecule has 3 N–H and O–H groups in total. The summed E-state index contributed by atoms with van der Waals surface area (Å²) in [5, 5.41) is 4.18. The van der Waals surface area contributed by atoms with Gasteiger partial charge in [0.15, 0.2) is 11.4 Å². The molecule has 2 heterocycles. The Bertz CT molecular complexity index is 914. The molecule has 0 fully saturated rings. The summed E-state index contributed by atoms with van der Waals surface area (Å²) >= 11 is 0. The molecule has 0 bridgehead atoms. The van der Waals surface area contributed by atoms with E-state index in [4.69, 9.17) is 10.5 Å². The summed E-state index contributed by atoms with van der Waals surface area (Å²) in [5.74, 6) is -0.380. The van der Waals surface area contributed by atoms with Gasteiger partial charge in [0, 0.05) is 13.1 Å². The number of ether oxygens (including phenoxy) is 1. The quantitative estimate of drug-likeness (QED) is 0.696. The number of benzene rings is 1. The largest absolute Gasteiger partial charge is 0.419 e. The lowest BCUT2D eigenvalue weighted by Gasteiger charge is -2.04. The fraction of sp³-hybridized carbons (Fsp3) is 0.0667. The van der Waals surface area contributed by atoms with Gasteiger partial charge in [0.1, 0.15) is 5.69 Å². The van der Waals surface area contributed by atoms with Gasteiger partial charge < -0.3 is 10.5 Å². The summed E-state index contributed by atoms with van der Waals surface area (Å²) in [6, 6.07) is 9.79. The monoisotopic (exact) mass is 311 g/mol. The number of hydrogen-bond acceptors (Lipinski definition) is 6. The molecule has 0 aliphatic rings. The highest BCUT2D eigenvalue weighted by Gasteiger charge is 2.18. The Balaban J connectivity index is 1.98. The molecule has 0 saturated heterocycles. The van der Waals surface area contributed by atoms with E-state index in [0.29, 0.717) is 5.56 Å². The lowest BCUT2D eigenvalue weighted by molar-refractivity contribution is 0.0735. The third-order valence-corrected chi connectivity index (χ3v) is 3.01. The van der Waals surface area contributed by atoms with Crippen molar-refractivity contribution in [1.82, 2.24) is 19.7 Å². The van der Waals surface area contributed by atoms with E-state index in [2.05, 4.69) is 15.1 Å². The molecule has 8 heteroatoms. The number of carbonyl (C=O) groups is 1. The van der Waals surface area contributed by atoms with Crippen molar-refractivity contribution in [2.45, 2.75) is 0 Å². The number of nitrogens with zero attached hydrogens (tertiary/aromatic N) is 3. The maximum atomic E-state index is 12.2. The fourth-order valence-electron chi connectivity index (χ4n) is 2.05. The normalized spacial score (nSPS) is 10.5. The van der Waals surface area contributed by atoms with Crippen molar-refractivity contribution in [1.29, 1.82) is 0 Å². The highest BCUT2D eigenvalue weighted by Crippen LogP contribution is 2.27. The summed E-state index contributed by atoms with van der Waals surface area (Å²) in [6.07, 6.45) is 1.52. The summed E-state index contributed by atoms with van der Waals surface area (Å²) in [7, 11) is 1.67. The number of nitrogens with two attached hydrogens (primary N) is 1. The second kappa shape index (κ2) is 5.76. The van der Waals surface area contributed by atoms with Crippen molar-refractivity contribution >= 4 is 11.9 Å². The van der Waals surface area contributed by atoms with Crippen molar-refractivity contribution in [2.75, 3.05) is 5.73 Å². The molecule has 0 amide bonds. The number of H-pyrrole nitrogens is 1. The minimum atomic E-state index is -0.530. The van der Waals surface area contributed by atoms with Crippen LogP contribution in [0.5, 0.6) is 5.75 Å². The van der Waals surface area contributed by atoms with Crippen LogP contribution in [0.2, 0.25) is 0 Å². The van der Waals surface area contributed by atoms with Gasteiger partial charge in [-0.3, -0.25) is 14.5 Å². The first-order chi connectivity index (χ1) is 11.0. The zero-order valence-electron chi connectivity index (χ0n) is 12.2. The third-order valence-electron chi connectivity index (χ3n) is 3.01. The van der Waals surface area contributed by atoms with E-state index in [1.807, 2.05) is 0 Å². The Hall–Kier alpha value is -3.42. The number of aromatic amines is 1. The fourth-order valence-corrected chi connectivity index (χ4v) is 2.05. The number of esters is 1. The molecule has 0 unspecified atom stereocenters. The third kappa shape index (κ3) is 3.10. The Labute approximate surface area is 130 Å². The van der Waals surface area contributed by atoms with Gasteiger partial charge in [-0.1, -0.05) is 18.2 Å². The van der Waals surface area contributed by atoms with Gasteiger partial charge in [-0.15, -0.1) is 0 Å². The minimum absolute atomic E-state index is 0.0431. The Morgan fingerprint density at radius 1 is 1.30 bits per heavy atom. The zero-order chi connectivity index (χ0) is 16.4. The molecular weight excluding hydrogens is 298 g/mol. The number of rotatable bonds is 3. The maximum absolute atomic E-state index is 12.2. The Kier molecular flexibility index (Phi) is 3.63. The predicted octanol–water partition coefficient (Wildman–Crippen LogP) is 0.972. The first-order valence-corrected chi connectivity index (χ1v) is 6.71. The SMILES string of the molecule is Cn1cc(OC(=O)c2ccccc2)c(-c2cc(=O)[nH]c(N)n2)n1. The smallest absolute Gasteiger partial charge is 0.343 e. The molecule has 0 atom stereocenters. The molecule has 3 rings (SSSR count). The van der Waals surface area contributed by atoms with E-state index < -0.39 is 11.5 Å². The van der Waals surface area contributed by atoms with Gasteiger partial charge in [-0.25, -0.2) is 9.78 Å². The van der Waals surface area contributed by atoms with Gasteiger partial charge in [-0.05, 0) is 12.1 Å². The molecule has 8 nitrogen and oxygen atoms in total. The molecule has 23 heavy (non-hydrogen) atoms. The van der Waals surface area contributed by atoms with Crippen LogP contribution in [0.4, 0.5) is 5.95 Å². The Morgan fingerprint density at radius 2 is 2.04 bits per heavy atom. The topological polar surface area (TPSA) is 116 Å². The van der Waals surface area contributed by atoms with Gasteiger partial charge in [0.05, 0.1) is 11.8 Å². The summed E-state index contributed by atoms with van der Waals surface area (Å²) in [5.41, 5.74) is 6.01. The number of carbonyl (C=O) groups excluding carboxylic acids is 1. The molecular formula is C15H13N5O3. The summed E-state index contributed by atoms with van der Waals surface area (Å²) < 4.78 is 6.83. The second-order valence-electron chi connectivity index (χ2n) is 4.79. The molecule has 1 aromatic carbocycles. The van der Waals surface area contributed by atoms with Crippen molar-refractivity contribution in [3.05, 3.63) is 58.5 Å². The molecule has 0 radical (unpaired) electrons. The molecule has 0 aliphatic heterocycles. The Morgan fingerprint density at radius 3 is 2.74 bits per heavy atom. The van der Waals surface area contributed by atoms with Crippen molar-refractivity contribution < 1.29 is 9.53 Å². The first kappa shape index (κ1) is 14.5. The average Bonchev–Trinajstić information content (AvgIpc) is 2.88. The lowest BCUT2D eigenvalue weighted by Crippen LogP contribution is -2.11. The molecule has 2 aromatic heterocycles. The average molecular weight is 311 g/mol. The maximum Gasteiger partial charge on any atom is 0.343 e. The van der Waals surface area contributed by atoms with E-state index in [1.54, 1.807) is 37.4 Å². The minimum Gasteiger partial charge on any atom is -0.419 e. The van der Waals surface area contributed by atoms with E-state index >= 15 is 0 Å². The highest BCUT2D eigenvalue weighted by molar-refractivity contribution is 5.91. The molecule has 0 aliphatic carbocycles. The molecule has 116 valence electrons. The number of aromatic nitrogens is 4. The van der Waals surface area contributed by atoms with E-state index in [0.717, 1.165) is 0 Å². The number of anilines is 1. The van der Waals surface area contributed by atoms with Crippen molar-refractivity contribution in [3.8, 4) is 17.1 Å². The van der Waals surface area contributed by atoms with Gasteiger partial charge in [0.2, 0.25) is 5.95 Å². The molecule has 3 aromatic rings. The van der Waals surface area contributed by atoms with E-state index in [9.17, 15) is 9.59 Å². The van der Waals surface area contributed by atoms with Crippen molar-refractivity contribution in [3.63, 3.8) is 0 Å². The summed E-state index contributed by atoms with van der Waals surface area (Å²) in [4.78, 5) is 30.1. The zero-order valence-corrected chi connectivity index (χ0v) is 12.2. The van der Waals surface area contributed by atoms with Gasteiger partial charge >= 0.3 is 5.97 Å². The van der Waals surface area contributed by atoms with E-state index in [1.165, 1.54) is 16.9 Å². The number of nitrogen functional groups attached to an aromatic ring is 1. The van der Waals surface area contributed by atoms with Crippen LogP contribution in [-0.4, -0.2) is 25.7 Å². The van der Waals surface area contributed by atoms with Gasteiger partial charge in [0.25, 0.3) is 5.56 Å². The van der Waals surface area contributed by atoms with Crippen LogP contribution in [-0.2, 0) is 7.05 Å². The molecule has 0 saturated carbocycles. The highest BCUT2D eigenvalue weighted by atomic mass is 16.5. The van der Waals surface area contributed by atoms with Crippen LogP contribution < -0.4 is 16.0 Å². The van der Waals surface area contributed by atoms with Crippen LogP contribution in [0, 0.1) is 0 Å². The first-order valence-electron chi connectivity index (χ1n) is 6.71. The second-order valence-corrected chi connectivity index (χ2v) is 4.79. The standard InChI is InChI=1S/C15H13N5O3/c1-20-8-11(23-14(22)9-5-3-2-4-6-9)13(19-20)10-7-12(21)18-15(16)17-10/h2-8H,1H3,(H3,16,17,18,21). The lowest BCUT2D eigenvalue weighted by atomic mass is 10.2. The predicted molar refractivity (Wildman–Crippen MR) is 82.9 cm³/mol. The van der Waals surface area contributed by atoms with Crippen LogP contribution in [0.15, 0.2) is 47.4 Å². The van der Waals surface area contributed by atoms with Crippen LogP contribution in [0.1, 0.15) is 10.4 Å². The van der Waals surface area contributed by atoms with Crippen LogP contribution >= 0.6 is 0 Å². The van der Waals surface area contributed by atoms with Crippen LogP contribution in [0.25, 0.3) is 11.4 Å². The molecule has 0 spiro atoms. The van der Waals surface area contributed by atoms with Gasteiger partial charge in [-0.2, -0.15) is 5.10 Å². The van der Waals surface area contributed by atoms with Crippen LogP contribution in [0.3, 0.4) is 0 Å². The van der Waals surface area contributed by atoms with Crippen molar-refractivity contribution in [2.24, 2.45) is 7.05 Å². The number of aryl methyl sites for hydroxylation is 1.